The van der Waals surface area contributed by atoms with Gasteiger partial charge in [0.25, 0.3) is 5.69 Å². The van der Waals surface area contributed by atoms with Gasteiger partial charge < -0.3 is 10.4 Å². The summed E-state index contributed by atoms with van der Waals surface area (Å²) in [6, 6.07) is 12.5. The molecule has 1 atom stereocenters. The number of benzene rings is 3. The predicted molar refractivity (Wildman–Crippen MR) is 113 cm³/mol. The number of hydrogen-bond acceptors (Lipinski definition) is 8. The number of aliphatic hydroxyl groups is 1. The molecule has 0 saturated carbocycles. The first-order chi connectivity index (χ1) is 14.3. The molecule has 3 aromatic rings. The highest BCUT2D eigenvalue weighted by atomic mass is 35.5. The number of halogens is 1. The van der Waals surface area contributed by atoms with E-state index in [9.17, 15) is 25.3 Å². The van der Waals surface area contributed by atoms with Crippen molar-refractivity contribution < 1.29 is 15.0 Å². The van der Waals surface area contributed by atoms with Crippen LogP contribution in [0.3, 0.4) is 0 Å². The van der Waals surface area contributed by atoms with Crippen molar-refractivity contribution in [1.82, 2.24) is 0 Å². The smallest absolute Gasteiger partial charge is 0.305 e. The van der Waals surface area contributed by atoms with E-state index in [1.165, 1.54) is 0 Å². The van der Waals surface area contributed by atoms with Crippen molar-refractivity contribution in [1.29, 1.82) is 0 Å². The second-order valence-electron chi connectivity index (χ2n) is 6.42. The molecular weight excluding hydrogens is 414 g/mol. The van der Waals surface area contributed by atoms with Gasteiger partial charge in [0.2, 0.25) is 0 Å². The lowest BCUT2D eigenvalue weighted by molar-refractivity contribution is -0.393. The molecule has 0 saturated heterocycles. The van der Waals surface area contributed by atoms with Crippen LogP contribution in [0.25, 0.3) is 10.8 Å². The number of azo groups is 1. The van der Waals surface area contributed by atoms with Crippen LogP contribution >= 0.6 is 11.6 Å². The highest BCUT2D eigenvalue weighted by Gasteiger charge is 2.23. The van der Waals surface area contributed by atoms with Crippen LogP contribution in [0.15, 0.2) is 58.8 Å². The van der Waals surface area contributed by atoms with Crippen molar-refractivity contribution in [2.75, 3.05) is 11.9 Å². The number of nitrogens with one attached hydrogen (secondary N) is 1. The predicted octanol–water partition coefficient (Wildman–Crippen LogP) is 5.52. The molecule has 10 nitrogen and oxygen atoms in total. The van der Waals surface area contributed by atoms with Crippen LogP contribution < -0.4 is 5.32 Å². The van der Waals surface area contributed by atoms with Gasteiger partial charge in [-0.2, -0.15) is 0 Å². The van der Waals surface area contributed by atoms with E-state index in [4.69, 9.17) is 11.6 Å². The number of hydrogen-bond donors (Lipinski definition) is 2. The van der Waals surface area contributed by atoms with E-state index in [-0.39, 0.29) is 10.7 Å². The Bertz CT molecular complexity index is 1170. The van der Waals surface area contributed by atoms with E-state index in [2.05, 4.69) is 15.5 Å². The third-order valence-electron chi connectivity index (χ3n) is 4.18. The molecule has 0 radical (unpaired) electrons. The summed E-state index contributed by atoms with van der Waals surface area (Å²) in [5.74, 6) is 0. The molecule has 2 N–H and O–H groups in total. The SMILES string of the molecule is CC(O)CNc1ccc(N=Nc2c(Cl)cc([N+](=O)[O-])cc2[N+](=O)[O-])c2ccccc12. The van der Waals surface area contributed by atoms with E-state index in [1.54, 1.807) is 25.1 Å². The van der Waals surface area contributed by atoms with Gasteiger partial charge in [0.15, 0.2) is 5.69 Å². The van der Waals surface area contributed by atoms with Crippen molar-refractivity contribution in [2.45, 2.75) is 13.0 Å². The van der Waals surface area contributed by atoms with Crippen molar-refractivity contribution >= 4 is 50.8 Å². The van der Waals surface area contributed by atoms with E-state index in [0.717, 1.165) is 28.6 Å². The summed E-state index contributed by atoms with van der Waals surface area (Å²) in [7, 11) is 0. The highest BCUT2D eigenvalue weighted by Crippen LogP contribution is 2.40. The third kappa shape index (κ3) is 4.50. The Labute approximate surface area is 175 Å². The minimum absolute atomic E-state index is 0.251. The van der Waals surface area contributed by atoms with Crippen LogP contribution in [-0.4, -0.2) is 27.6 Å². The van der Waals surface area contributed by atoms with Gasteiger partial charge in [-0.05, 0) is 19.1 Å². The van der Waals surface area contributed by atoms with Crippen LogP contribution in [0.5, 0.6) is 0 Å². The summed E-state index contributed by atoms with van der Waals surface area (Å²) in [5, 5.41) is 44.2. The Morgan fingerprint density at radius 3 is 2.40 bits per heavy atom. The molecule has 0 aliphatic carbocycles. The Morgan fingerprint density at radius 2 is 1.77 bits per heavy atom. The lowest BCUT2D eigenvalue weighted by Crippen LogP contribution is -2.15. The molecule has 30 heavy (non-hydrogen) atoms. The molecule has 0 fully saturated rings. The van der Waals surface area contributed by atoms with Crippen molar-refractivity contribution in [3.05, 3.63) is 73.8 Å². The zero-order chi connectivity index (χ0) is 21.8. The molecule has 0 aromatic heterocycles. The lowest BCUT2D eigenvalue weighted by Gasteiger charge is -2.12. The molecule has 154 valence electrons. The largest absolute Gasteiger partial charge is 0.392 e. The van der Waals surface area contributed by atoms with Gasteiger partial charge in [-0.1, -0.05) is 35.9 Å². The van der Waals surface area contributed by atoms with Gasteiger partial charge >= 0.3 is 5.69 Å². The van der Waals surface area contributed by atoms with Gasteiger partial charge in [0, 0.05) is 29.1 Å². The number of aliphatic hydroxyl groups excluding tert-OH is 1. The number of nitrogens with zero attached hydrogens (tertiary/aromatic N) is 4. The lowest BCUT2D eigenvalue weighted by atomic mass is 10.1. The Kier molecular flexibility index (Phi) is 6.19. The zero-order valence-electron chi connectivity index (χ0n) is 15.7. The number of nitro groups is 2. The summed E-state index contributed by atoms with van der Waals surface area (Å²) in [4.78, 5) is 20.7. The van der Waals surface area contributed by atoms with Crippen molar-refractivity contribution in [3.8, 4) is 0 Å². The van der Waals surface area contributed by atoms with Crippen LogP contribution in [0.4, 0.5) is 28.4 Å². The molecule has 3 aromatic carbocycles. The first-order valence-corrected chi connectivity index (χ1v) is 9.13. The number of nitro benzene ring substituents is 2. The Hall–Kier alpha value is -3.63. The van der Waals surface area contributed by atoms with Crippen LogP contribution in [0.1, 0.15) is 6.92 Å². The molecule has 3 rings (SSSR count). The molecule has 11 heteroatoms. The van der Waals surface area contributed by atoms with E-state index in [1.807, 2.05) is 18.2 Å². The third-order valence-corrected chi connectivity index (χ3v) is 4.47. The second-order valence-corrected chi connectivity index (χ2v) is 6.82. The maximum Gasteiger partial charge on any atom is 0.305 e. The summed E-state index contributed by atoms with van der Waals surface area (Å²) < 4.78 is 0. The standard InChI is InChI=1S/C19H16ClN5O5/c1-11(26)10-21-16-6-7-17(14-5-3-2-4-13(14)16)22-23-19-15(20)8-12(24(27)28)9-18(19)25(29)30/h2-9,11,21,26H,10H2,1H3. The van der Waals surface area contributed by atoms with Crippen LogP contribution in [-0.2, 0) is 0 Å². The summed E-state index contributed by atoms with van der Waals surface area (Å²) in [6.07, 6.45) is -0.534. The fraction of sp³-hybridized carbons (Fsp3) is 0.158. The summed E-state index contributed by atoms with van der Waals surface area (Å²) in [6.45, 7) is 2.02. The second kappa shape index (κ2) is 8.80. The summed E-state index contributed by atoms with van der Waals surface area (Å²) >= 11 is 6.01. The first-order valence-electron chi connectivity index (χ1n) is 8.75. The van der Waals surface area contributed by atoms with Crippen LogP contribution in [0.2, 0.25) is 5.02 Å². The zero-order valence-corrected chi connectivity index (χ0v) is 16.4. The molecule has 0 spiro atoms. The molecule has 0 aliphatic heterocycles. The minimum atomic E-state index is -0.797. The molecule has 1 unspecified atom stereocenters. The quantitative estimate of drug-likeness (QED) is 0.287. The Morgan fingerprint density at radius 1 is 1.07 bits per heavy atom. The number of fused-ring (bicyclic) bond motifs is 1. The molecule has 0 aliphatic rings. The van der Waals surface area contributed by atoms with Crippen molar-refractivity contribution in [3.63, 3.8) is 0 Å². The molecule has 0 bridgehead atoms. The van der Waals surface area contributed by atoms with E-state index >= 15 is 0 Å². The van der Waals surface area contributed by atoms with Gasteiger partial charge in [-0.15, -0.1) is 10.2 Å². The normalized spacial score (nSPS) is 12.2. The number of rotatable bonds is 7. The molecular formula is C19H16ClN5O5. The monoisotopic (exact) mass is 429 g/mol. The fourth-order valence-electron chi connectivity index (χ4n) is 2.80. The average molecular weight is 430 g/mol. The number of anilines is 1. The first kappa shape index (κ1) is 21.1. The van der Waals surface area contributed by atoms with Gasteiger partial charge in [0.1, 0.15) is 0 Å². The van der Waals surface area contributed by atoms with Gasteiger partial charge in [-0.3, -0.25) is 20.2 Å². The van der Waals surface area contributed by atoms with Gasteiger partial charge in [-0.25, -0.2) is 0 Å². The fourth-order valence-corrected chi connectivity index (χ4v) is 3.05. The molecule has 0 amide bonds. The Balaban J connectivity index is 2.06. The maximum atomic E-state index is 11.3. The minimum Gasteiger partial charge on any atom is -0.392 e. The van der Waals surface area contributed by atoms with Crippen molar-refractivity contribution in [2.24, 2.45) is 10.2 Å². The average Bonchev–Trinajstić information content (AvgIpc) is 2.70. The molecule has 0 heterocycles. The maximum absolute atomic E-state index is 11.3. The summed E-state index contributed by atoms with van der Waals surface area (Å²) in [5.41, 5.74) is -0.184. The van der Waals surface area contributed by atoms with E-state index in [0.29, 0.717) is 12.2 Å². The van der Waals surface area contributed by atoms with E-state index < -0.39 is 27.3 Å². The number of non-ortho nitro benzene ring substituents is 1. The highest BCUT2D eigenvalue weighted by molar-refractivity contribution is 6.33. The van der Waals surface area contributed by atoms with Gasteiger partial charge in [0.05, 0.1) is 32.7 Å². The van der Waals surface area contributed by atoms with Crippen LogP contribution in [0, 0.1) is 20.2 Å². The topological polar surface area (TPSA) is 143 Å².